The first-order chi connectivity index (χ1) is 10.4. The number of hydrogen-bond donors (Lipinski definition) is 1. The average Bonchev–Trinajstić information content (AvgIpc) is 2.32. The molecule has 1 aromatic heterocycles. The number of carbonyl (C=O) groups excluding carboxylic acids is 1. The molecule has 0 saturated heterocycles. The Morgan fingerprint density at radius 3 is 2.43 bits per heavy atom. The standard InChI is InChI=1S/C12H14Cl2F3N3O3/c1-11(2,3)23-10(21)19-7(12(15,16)17)5-22-6-4-18-9(14)20-8(6)13/h4,7H,5H2,1-3H3,(H,19,21). The van der Waals surface area contributed by atoms with E-state index in [0.717, 1.165) is 6.20 Å². The fraction of sp³-hybridized carbons (Fsp3) is 0.583. The Kier molecular flexibility index (Phi) is 6.29. The zero-order chi connectivity index (χ0) is 17.8. The highest BCUT2D eigenvalue weighted by molar-refractivity contribution is 6.32. The summed E-state index contributed by atoms with van der Waals surface area (Å²) in [6, 6.07) is -2.30. The monoisotopic (exact) mass is 375 g/mol. The lowest BCUT2D eigenvalue weighted by Gasteiger charge is -2.25. The zero-order valence-electron chi connectivity index (χ0n) is 12.4. The van der Waals surface area contributed by atoms with Crippen molar-refractivity contribution < 1.29 is 27.4 Å². The predicted octanol–water partition coefficient (Wildman–Crippen LogP) is 3.62. The summed E-state index contributed by atoms with van der Waals surface area (Å²) >= 11 is 11.1. The summed E-state index contributed by atoms with van der Waals surface area (Å²) in [5, 5.41) is 1.27. The van der Waals surface area contributed by atoms with Crippen LogP contribution in [0.3, 0.4) is 0 Å². The van der Waals surface area contributed by atoms with Gasteiger partial charge in [0.15, 0.2) is 16.9 Å². The Hall–Kier alpha value is -1.48. The van der Waals surface area contributed by atoms with Crippen molar-refractivity contribution in [3.8, 4) is 5.75 Å². The van der Waals surface area contributed by atoms with E-state index < -0.39 is 30.5 Å². The molecule has 11 heteroatoms. The van der Waals surface area contributed by atoms with Gasteiger partial charge in [-0.3, -0.25) is 0 Å². The molecular formula is C12H14Cl2F3N3O3. The van der Waals surface area contributed by atoms with E-state index in [2.05, 4.69) is 9.97 Å². The van der Waals surface area contributed by atoms with Crippen LogP contribution in [0.1, 0.15) is 20.8 Å². The first kappa shape index (κ1) is 19.6. The van der Waals surface area contributed by atoms with Crippen LogP contribution in [-0.2, 0) is 4.74 Å². The largest absolute Gasteiger partial charge is 0.486 e. The van der Waals surface area contributed by atoms with Gasteiger partial charge in [0, 0.05) is 0 Å². The normalized spacial score (nSPS) is 13.4. The van der Waals surface area contributed by atoms with Crippen LogP contribution in [0.2, 0.25) is 10.4 Å². The van der Waals surface area contributed by atoms with Crippen LogP contribution in [0, 0.1) is 0 Å². The van der Waals surface area contributed by atoms with Gasteiger partial charge in [0.25, 0.3) is 0 Å². The van der Waals surface area contributed by atoms with Crippen molar-refractivity contribution in [2.24, 2.45) is 0 Å². The Morgan fingerprint density at radius 2 is 1.96 bits per heavy atom. The maximum Gasteiger partial charge on any atom is 0.412 e. The predicted molar refractivity (Wildman–Crippen MR) is 76.8 cm³/mol. The van der Waals surface area contributed by atoms with E-state index in [1.165, 1.54) is 20.8 Å². The van der Waals surface area contributed by atoms with Gasteiger partial charge in [-0.15, -0.1) is 0 Å². The molecule has 0 fully saturated rings. The number of nitrogens with one attached hydrogen (secondary N) is 1. The lowest BCUT2D eigenvalue weighted by atomic mass is 10.2. The van der Waals surface area contributed by atoms with Gasteiger partial charge in [-0.2, -0.15) is 13.2 Å². The van der Waals surface area contributed by atoms with Crippen molar-refractivity contribution >= 4 is 29.3 Å². The van der Waals surface area contributed by atoms with Crippen LogP contribution in [0.4, 0.5) is 18.0 Å². The molecule has 1 atom stereocenters. The fourth-order valence-corrected chi connectivity index (χ4v) is 1.63. The maximum absolute atomic E-state index is 12.9. The van der Waals surface area contributed by atoms with Crippen LogP contribution < -0.4 is 10.1 Å². The molecule has 6 nitrogen and oxygen atoms in total. The summed E-state index contributed by atoms with van der Waals surface area (Å²) in [5.41, 5.74) is -0.936. The molecule has 0 aliphatic rings. The summed E-state index contributed by atoms with van der Waals surface area (Å²) in [6.45, 7) is 3.64. The highest BCUT2D eigenvalue weighted by atomic mass is 35.5. The first-order valence-corrected chi connectivity index (χ1v) is 7.01. The van der Waals surface area contributed by atoms with Crippen molar-refractivity contribution in [2.45, 2.75) is 38.6 Å². The number of rotatable bonds is 4. The number of halogens is 5. The fourth-order valence-electron chi connectivity index (χ4n) is 1.27. The first-order valence-electron chi connectivity index (χ1n) is 6.25. The van der Waals surface area contributed by atoms with Crippen LogP contribution >= 0.6 is 23.2 Å². The topological polar surface area (TPSA) is 73.3 Å². The third-order valence-electron chi connectivity index (χ3n) is 2.17. The smallest absolute Gasteiger partial charge is 0.412 e. The SMILES string of the molecule is CC(C)(C)OC(=O)NC(COc1cnc(Cl)nc1Cl)C(F)(F)F. The number of alkyl halides is 3. The van der Waals surface area contributed by atoms with Crippen molar-refractivity contribution in [1.82, 2.24) is 15.3 Å². The maximum atomic E-state index is 12.9. The molecule has 1 heterocycles. The molecule has 1 aromatic rings. The van der Waals surface area contributed by atoms with Crippen molar-refractivity contribution in [2.75, 3.05) is 6.61 Å². The summed E-state index contributed by atoms with van der Waals surface area (Å²) in [6.07, 6.45) is -4.95. The minimum absolute atomic E-state index is 0.179. The van der Waals surface area contributed by atoms with E-state index >= 15 is 0 Å². The van der Waals surface area contributed by atoms with Gasteiger partial charge in [-0.1, -0.05) is 11.6 Å². The van der Waals surface area contributed by atoms with Crippen molar-refractivity contribution in [3.63, 3.8) is 0 Å². The lowest BCUT2D eigenvalue weighted by Crippen LogP contribution is -2.50. The summed E-state index contributed by atoms with van der Waals surface area (Å²) in [4.78, 5) is 18.5. The molecule has 0 saturated carbocycles. The molecule has 0 aliphatic heterocycles. The summed E-state index contributed by atoms with van der Waals surface area (Å²) in [7, 11) is 0. The van der Waals surface area contributed by atoms with Crippen LogP contribution in [0.15, 0.2) is 6.20 Å². The molecule has 0 aliphatic carbocycles. The summed E-state index contributed by atoms with van der Waals surface area (Å²) in [5.74, 6) is -0.198. The third kappa shape index (κ3) is 7.08. The van der Waals surface area contributed by atoms with Gasteiger partial charge in [0.05, 0.1) is 6.20 Å². The van der Waals surface area contributed by atoms with Crippen molar-refractivity contribution in [1.29, 1.82) is 0 Å². The molecule has 1 unspecified atom stereocenters. The van der Waals surface area contributed by atoms with Crippen LogP contribution in [-0.4, -0.2) is 40.5 Å². The molecule has 1 amide bonds. The van der Waals surface area contributed by atoms with E-state index in [0.29, 0.717) is 0 Å². The van der Waals surface area contributed by atoms with Gasteiger partial charge in [0.2, 0.25) is 5.28 Å². The Balaban J connectivity index is 2.74. The molecule has 23 heavy (non-hydrogen) atoms. The third-order valence-corrected chi connectivity index (χ3v) is 2.63. The van der Waals surface area contributed by atoms with E-state index in [1.807, 2.05) is 0 Å². The second-order valence-electron chi connectivity index (χ2n) is 5.35. The number of alkyl carbamates (subject to hydrolysis) is 1. The molecule has 130 valence electrons. The van der Waals surface area contributed by atoms with Crippen LogP contribution in [0.5, 0.6) is 5.75 Å². The van der Waals surface area contributed by atoms with Gasteiger partial charge in [-0.05, 0) is 32.4 Å². The van der Waals surface area contributed by atoms with Gasteiger partial charge >= 0.3 is 12.3 Å². The molecule has 0 bridgehead atoms. The molecule has 0 radical (unpaired) electrons. The van der Waals surface area contributed by atoms with Gasteiger partial charge in [-0.25, -0.2) is 14.8 Å². The second-order valence-corrected chi connectivity index (χ2v) is 6.04. The Morgan fingerprint density at radius 1 is 1.35 bits per heavy atom. The van der Waals surface area contributed by atoms with Gasteiger partial charge in [0.1, 0.15) is 12.2 Å². The number of nitrogens with zero attached hydrogens (tertiary/aromatic N) is 2. The number of hydrogen-bond acceptors (Lipinski definition) is 5. The summed E-state index contributed by atoms with van der Waals surface area (Å²) < 4.78 is 48.5. The second kappa shape index (κ2) is 7.39. The van der Waals surface area contributed by atoms with Crippen LogP contribution in [0.25, 0.3) is 0 Å². The van der Waals surface area contributed by atoms with E-state index in [9.17, 15) is 18.0 Å². The Bertz CT molecular complexity index is 565. The highest BCUT2D eigenvalue weighted by Gasteiger charge is 2.42. The molecule has 1 rings (SSSR count). The highest BCUT2D eigenvalue weighted by Crippen LogP contribution is 2.25. The average molecular weight is 376 g/mol. The Labute approximate surface area is 140 Å². The van der Waals surface area contributed by atoms with E-state index in [4.69, 9.17) is 32.7 Å². The number of ether oxygens (including phenoxy) is 2. The lowest BCUT2D eigenvalue weighted by molar-refractivity contribution is -0.161. The molecule has 0 aromatic carbocycles. The number of aromatic nitrogens is 2. The molecular weight excluding hydrogens is 362 g/mol. The number of amides is 1. The van der Waals surface area contributed by atoms with E-state index in [1.54, 1.807) is 5.32 Å². The molecule has 0 spiro atoms. The zero-order valence-corrected chi connectivity index (χ0v) is 13.9. The van der Waals surface area contributed by atoms with Gasteiger partial charge < -0.3 is 14.8 Å². The molecule has 1 N–H and O–H groups in total. The van der Waals surface area contributed by atoms with E-state index in [-0.39, 0.29) is 16.2 Å². The minimum atomic E-state index is -4.75. The minimum Gasteiger partial charge on any atom is -0.486 e. The number of carbonyl (C=O) groups is 1. The quantitative estimate of drug-likeness (QED) is 0.642. The van der Waals surface area contributed by atoms with Crippen molar-refractivity contribution in [3.05, 3.63) is 16.6 Å².